The van der Waals surface area contributed by atoms with Crippen LogP contribution in [0.4, 0.5) is 5.69 Å². The monoisotopic (exact) mass is 276 g/mol. The van der Waals surface area contributed by atoms with Gasteiger partial charge in [-0.1, -0.05) is 20.8 Å². The molecule has 3 N–H and O–H groups in total. The van der Waals surface area contributed by atoms with Gasteiger partial charge in [0.05, 0.1) is 6.04 Å². The van der Waals surface area contributed by atoms with Gasteiger partial charge in [-0.15, -0.1) is 0 Å². The van der Waals surface area contributed by atoms with Crippen molar-refractivity contribution in [2.45, 2.75) is 52.7 Å². The highest BCUT2D eigenvalue weighted by molar-refractivity contribution is 5.82. The quantitative estimate of drug-likeness (QED) is 0.775. The van der Waals surface area contributed by atoms with E-state index < -0.39 is 5.41 Å². The van der Waals surface area contributed by atoms with E-state index in [4.69, 9.17) is 10.5 Å². The Bertz CT molecular complexity index is 530. The van der Waals surface area contributed by atoms with Gasteiger partial charge in [0.25, 0.3) is 0 Å². The largest absolute Gasteiger partial charge is 0.487 e. The molecule has 1 aliphatic rings. The second kappa shape index (κ2) is 4.69. The molecule has 0 bridgehead atoms. The summed E-state index contributed by atoms with van der Waals surface area (Å²) >= 11 is 0. The zero-order chi connectivity index (χ0) is 15.1. The molecule has 0 spiro atoms. The Balaban J connectivity index is 2.34. The summed E-state index contributed by atoms with van der Waals surface area (Å²) in [6, 6.07) is 5.52. The summed E-state index contributed by atoms with van der Waals surface area (Å²) in [6.45, 7) is 9.79. The number of hydrogen-bond acceptors (Lipinski definition) is 3. The van der Waals surface area contributed by atoms with Crippen LogP contribution in [-0.2, 0) is 4.79 Å². The lowest BCUT2D eigenvalue weighted by Gasteiger charge is -2.38. The zero-order valence-electron chi connectivity index (χ0n) is 12.9. The molecule has 1 aromatic rings. The third-order valence-corrected chi connectivity index (χ3v) is 3.48. The maximum Gasteiger partial charge on any atom is 0.225 e. The number of nitrogens with one attached hydrogen (secondary N) is 1. The first-order chi connectivity index (χ1) is 9.08. The molecule has 0 fully saturated rings. The normalized spacial score (nSPS) is 20.8. The van der Waals surface area contributed by atoms with Crippen LogP contribution in [0.25, 0.3) is 0 Å². The average molecular weight is 276 g/mol. The first-order valence-corrected chi connectivity index (χ1v) is 6.98. The van der Waals surface area contributed by atoms with E-state index in [-0.39, 0.29) is 17.6 Å². The Morgan fingerprint density at radius 1 is 1.40 bits per heavy atom. The lowest BCUT2D eigenvalue weighted by molar-refractivity contribution is -0.129. The number of hydrogen-bond donors (Lipinski definition) is 2. The van der Waals surface area contributed by atoms with Gasteiger partial charge in [0, 0.05) is 23.1 Å². The smallest absolute Gasteiger partial charge is 0.225 e. The number of nitrogen functional groups attached to an aromatic ring is 1. The van der Waals surface area contributed by atoms with E-state index in [0.29, 0.717) is 5.69 Å². The van der Waals surface area contributed by atoms with Crippen LogP contribution >= 0.6 is 0 Å². The minimum Gasteiger partial charge on any atom is -0.487 e. The van der Waals surface area contributed by atoms with Crippen LogP contribution in [0, 0.1) is 5.41 Å². The van der Waals surface area contributed by atoms with Crippen LogP contribution in [0.3, 0.4) is 0 Å². The SMILES string of the molecule is CC1(C)CC(NC(=O)C(C)(C)C)c2cc(N)ccc2O1. The molecular weight excluding hydrogens is 252 g/mol. The molecule has 0 saturated heterocycles. The van der Waals surface area contributed by atoms with E-state index in [2.05, 4.69) is 5.32 Å². The molecule has 0 aliphatic carbocycles. The molecule has 1 amide bonds. The lowest BCUT2D eigenvalue weighted by atomic mass is 9.87. The number of carbonyl (C=O) groups is 1. The molecular formula is C16H24N2O2. The Labute approximate surface area is 120 Å². The summed E-state index contributed by atoms with van der Waals surface area (Å²) in [4.78, 5) is 12.3. The fraction of sp³-hybridized carbons (Fsp3) is 0.562. The Hall–Kier alpha value is -1.71. The van der Waals surface area contributed by atoms with Crippen molar-refractivity contribution >= 4 is 11.6 Å². The summed E-state index contributed by atoms with van der Waals surface area (Å²) in [6.07, 6.45) is 0.727. The first kappa shape index (κ1) is 14.7. The Kier molecular flexibility index (Phi) is 3.44. The number of amides is 1. The number of ether oxygens (including phenoxy) is 1. The number of rotatable bonds is 1. The van der Waals surface area contributed by atoms with Crippen molar-refractivity contribution in [3.05, 3.63) is 23.8 Å². The molecule has 1 heterocycles. The summed E-state index contributed by atoms with van der Waals surface area (Å²) in [5.74, 6) is 0.836. The average Bonchev–Trinajstić information content (AvgIpc) is 2.27. The fourth-order valence-electron chi connectivity index (χ4n) is 2.38. The molecule has 1 aliphatic heterocycles. The molecule has 4 nitrogen and oxygen atoms in total. The summed E-state index contributed by atoms with van der Waals surface area (Å²) in [5.41, 5.74) is 6.78. The predicted molar refractivity (Wildman–Crippen MR) is 80.5 cm³/mol. The van der Waals surface area contributed by atoms with Crippen molar-refractivity contribution < 1.29 is 9.53 Å². The Morgan fingerprint density at radius 3 is 2.65 bits per heavy atom. The standard InChI is InChI=1S/C16H24N2O2/c1-15(2,3)14(19)18-12-9-16(4,5)20-13-7-6-10(17)8-11(12)13/h6-8,12H,9,17H2,1-5H3,(H,18,19). The van der Waals surface area contributed by atoms with Gasteiger partial charge in [0.1, 0.15) is 11.4 Å². The van der Waals surface area contributed by atoms with Crippen molar-refractivity contribution in [2.24, 2.45) is 5.41 Å². The highest BCUT2D eigenvalue weighted by Crippen LogP contribution is 2.40. The molecule has 1 unspecified atom stereocenters. The van der Waals surface area contributed by atoms with Crippen molar-refractivity contribution in [3.8, 4) is 5.75 Å². The van der Waals surface area contributed by atoms with Gasteiger partial charge >= 0.3 is 0 Å². The van der Waals surface area contributed by atoms with Gasteiger partial charge in [0.15, 0.2) is 0 Å². The number of carbonyl (C=O) groups excluding carboxylic acids is 1. The third kappa shape index (κ3) is 3.06. The molecule has 2 rings (SSSR count). The van der Waals surface area contributed by atoms with Crippen LogP contribution in [-0.4, -0.2) is 11.5 Å². The molecule has 0 saturated carbocycles. The number of nitrogens with two attached hydrogens (primary N) is 1. The molecule has 1 atom stereocenters. The minimum atomic E-state index is -0.414. The van der Waals surface area contributed by atoms with Crippen molar-refractivity contribution in [1.29, 1.82) is 0 Å². The second-order valence-corrected chi connectivity index (χ2v) is 7.14. The van der Waals surface area contributed by atoms with Crippen molar-refractivity contribution in [1.82, 2.24) is 5.32 Å². The zero-order valence-corrected chi connectivity index (χ0v) is 12.9. The van der Waals surface area contributed by atoms with Crippen molar-refractivity contribution in [2.75, 3.05) is 5.73 Å². The molecule has 110 valence electrons. The molecule has 0 radical (unpaired) electrons. The van der Waals surface area contributed by atoms with Crippen LogP contribution in [0.2, 0.25) is 0 Å². The van der Waals surface area contributed by atoms with Gasteiger partial charge in [-0.3, -0.25) is 4.79 Å². The molecule has 1 aromatic carbocycles. The Morgan fingerprint density at radius 2 is 2.05 bits per heavy atom. The van der Waals surface area contributed by atoms with E-state index in [9.17, 15) is 4.79 Å². The fourth-order valence-corrected chi connectivity index (χ4v) is 2.38. The van der Waals surface area contributed by atoms with E-state index in [1.165, 1.54) is 0 Å². The molecule has 0 aromatic heterocycles. The maximum atomic E-state index is 12.3. The van der Waals surface area contributed by atoms with E-state index in [1.807, 2.05) is 52.8 Å². The maximum absolute atomic E-state index is 12.3. The number of fused-ring (bicyclic) bond motifs is 1. The second-order valence-electron chi connectivity index (χ2n) is 7.14. The van der Waals surface area contributed by atoms with Gasteiger partial charge in [-0.2, -0.15) is 0 Å². The van der Waals surface area contributed by atoms with Crippen LogP contribution in [0.5, 0.6) is 5.75 Å². The number of anilines is 1. The topological polar surface area (TPSA) is 64.4 Å². The van der Waals surface area contributed by atoms with Gasteiger partial charge in [0.2, 0.25) is 5.91 Å². The van der Waals surface area contributed by atoms with Crippen LogP contribution in [0.15, 0.2) is 18.2 Å². The van der Waals surface area contributed by atoms with E-state index in [0.717, 1.165) is 17.7 Å². The molecule has 20 heavy (non-hydrogen) atoms. The van der Waals surface area contributed by atoms with Crippen LogP contribution < -0.4 is 15.8 Å². The molecule has 4 heteroatoms. The van der Waals surface area contributed by atoms with Crippen molar-refractivity contribution in [3.63, 3.8) is 0 Å². The van der Waals surface area contributed by atoms with Gasteiger partial charge < -0.3 is 15.8 Å². The number of benzene rings is 1. The summed E-state index contributed by atoms with van der Waals surface area (Å²) in [5, 5.41) is 3.12. The highest BCUT2D eigenvalue weighted by Gasteiger charge is 2.36. The van der Waals surface area contributed by atoms with E-state index >= 15 is 0 Å². The van der Waals surface area contributed by atoms with Gasteiger partial charge in [-0.05, 0) is 32.0 Å². The van der Waals surface area contributed by atoms with E-state index in [1.54, 1.807) is 0 Å². The lowest BCUT2D eigenvalue weighted by Crippen LogP contribution is -2.44. The first-order valence-electron chi connectivity index (χ1n) is 6.98. The third-order valence-electron chi connectivity index (χ3n) is 3.48. The highest BCUT2D eigenvalue weighted by atomic mass is 16.5. The minimum absolute atomic E-state index is 0.0357. The van der Waals surface area contributed by atoms with Gasteiger partial charge in [-0.25, -0.2) is 0 Å². The summed E-state index contributed by atoms with van der Waals surface area (Å²) in [7, 11) is 0. The predicted octanol–water partition coefficient (Wildman–Crippen LogP) is 3.03. The summed E-state index contributed by atoms with van der Waals surface area (Å²) < 4.78 is 5.96. The van der Waals surface area contributed by atoms with Crippen LogP contribution in [0.1, 0.15) is 52.6 Å².